The van der Waals surface area contributed by atoms with E-state index in [-0.39, 0.29) is 0 Å². The van der Waals surface area contributed by atoms with Crippen LogP contribution < -0.4 is 0 Å². The molecule has 1 unspecified atom stereocenters. The van der Waals surface area contributed by atoms with Gasteiger partial charge in [-0.2, -0.15) is 0 Å². The van der Waals surface area contributed by atoms with Crippen LogP contribution >= 0.6 is 11.8 Å². The van der Waals surface area contributed by atoms with E-state index in [1.807, 2.05) is 24.4 Å². The summed E-state index contributed by atoms with van der Waals surface area (Å²) in [6.07, 6.45) is 1.41. The molecule has 21 heavy (non-hydrogen) atoms. The minimum atomic E-state index is -0.406. The molecular formula is C18H17NOS. The van der Waals surface area contributed by atoms with Crippen molar-refractivity contribution in [3.05, 3.63) is 71.9 Å². The second-order valence-electron chi connectivity index (χ2n) is 5.06. The molecule has 0 amide bonds. The molecule has 0 saturated heterocycles. The van der Waals surface area contributed by atoms with Crippen LogP contribution in [0.4, 0.5) is 0 Å². The molecule has 0 fully saturated rings. The number of rotatable bonds is 4. The van der Waals surface area contributed by atoms with Crippen molar-refractivity contribution >= 4 is 22.7 Å². The van der Waals surface area contributed by atoms with Crippen molar-refractivity contribution in [3.63, 3.8) is 0 Å². The van der Waals surface area contributed by atoms with Crippen LogP contribution in [0.3, 0.4) is 0 Å². The molecule has 2 aromatic carbocycles. The average Bonchev–Trinajstić information content (AvgIpc) is 2.53. The first-order chi connectivity index (χ1) is 10.2. The third-order valence-corrected chi connectivity index (χ3v) is 4.52. The standard InChI is InChI=1S/C18H17NOS/c1-13(20)15-5-7-17(8-6-15)21-12-14-4-9-18-16(11-14)3-2-10-19-18/h2-11,13,20H,12H2,1H3. The molecule has 0 aliphatic heterocycles. The number of nitrogens with zero attached hydrogens (tertiary/aromatic N) is 1. The highest BCUT2D eigenvalue weighted by Crippen LogP contribution is 2.25. The topological polar surface area (TPSA) is 33.1 Å². The minimum absolute atomic E-state index is 0.406. The van der Waals surface area contributed by atoms with Gasteiger partial charge in [0.15, 0.2) is 0 Å². The van der Waals surface area contributed by atoms with Gasteiger partial charge in [-0.3, -0.25) is 4.98 Å². The van der Waals surface area contributed by atoms with Crippen molar-refractivity contribution in [1.82, 2.24) is 4.98 Å². The van der Waals surface area contributed by atoms with Gasteiger partial charge in [0, 0.05) is 22.2 Å². The van der Waals surface area contributed by atoms with Gasteiger partial charge in [0.05, 0.1) is 11.6 Å². The smallest absolute Gasteiger partial charge is 0.0761 e. The monoisotopic (exact) mass is 295 g/mol. The highest BCUT2D eigenvalue weighted by Gasteiger charge is 2.02. The average molecular weight is 295 g/mol. The summed E-state index contributed by atoms with van der Waals surface area (Å²) in [5.41, 5.74) is 3.28. The quantitative estimate of drug-likeness (QED) is 0.715. The van der Waals surface area contributed by atoms with Gasteiger partial charge in [-0.15, -0.1) is 11.8 Å². The first-order valence-electron chi connectivity index (χ1n) is 6.97. The van der Waals surface area contributed by atoms with Gasteiger partial charge >= 0.3 is 0 Å². The number of pyridine rings is 1. The lowest BCUT2D eigenvalue weighted by molar-refractivity contribution is 0.199. The van der Waals surface area contributed by atoms with E-state index < -0.39 is 6.10 Å². The number of hydrogen-bond donors (Lipinski definition) is 1. The number of aliphatic hydroxyl groups is 1. The number of benzene rings is 2. The fraction of sp³-hybridized carbons (Fsp3) is 0.167. The third-order valence-electron chi connectivity index (χ3n) is 3.44. The molecule has 1 heterocycles. The third kappa shape index (κ3) is 3.43. The Hall–Kier alpha value is -1.84. The first-order valence-corrected chi connectivity index (χ1v) is 7.95. The Morgan fingerprint density at radius 2 is 1.90 bits per heavy atom. The van der Waals surface area contributed by atoms with Gasteiger partial charge in [-0.25, -0.2) is 0 Å². The number of aromatic nitrogens is 1. The number of thioether (sulfide) groups is 1. The van der Waals surface area contributed by atoms with Crippen molar-refractivity contribution in [2.75, 3.05) is 0 Å². The van der Waals surface area contributed by atoms with Crippen LogP contribution in [-0.4, -0.2) is 10.1 Å². The van der Waals surface area contributed by atoms with Crippen LogP contribution in [0.15, 0.2) is 65.7 Å². The summed E-state index contributed by atoms with van der Waals surface area (Å²) in [4.78, 5) is 5.55. The maximum atomic E-state index is 9.51. The van der Waals surface area contributed by atoms with E-state index in [0.29, 0.717) is 0 Å². The van der Waals surface area contributed by atoms with Gasteiger partial charge in [0.1, 0.15) is 0 Å². The van der Waals surface area contributed by atoms with Crippen molar-refractivity contribution in [3.8, 4) is 0 Å². The maximum Gasteiger partial charge on any atom is 0.0761 e. The Labute approximate surface area is 128 Å². The Kier molecular flexibility index (Phi) is 4.23. The highest BCUT2D eigenvalue weighted by atomic mass is 32.2. The van der Waals surface area contributed by atoms with Crippen molar-refractivity contribution in [1.29, 1.82) is 0 Å². The summed E-state index contributed by atoms with van der Waals surface area (Å²) < 4.78 is 0. The predicted octanol–water partition coefficient (Wildman–Crippen LogP) is 4.58. The second kappa shape index (κ2) is 6.29. The maximum absolute atomic E-state index is 9.51. The van der Waals surface area contributed by atoms with Crippen molar-refractivity contribution in [2.24, 2.45) is 0 Å². The summed E-state index contributed by atoms with van der Waals surface area (Å²) >= 11 is 1.80. The van der Waals surface area contributed by atoms with Gasteiger partial charge in [-0.1, -0.05) is 24.3 Å². The fourth-order valence-electron chi connectivity index (χ4n) is 2.22. The molecule has 1 N–H and O–H groups in total. The molecule has 3 rings (SSSR count). The normalized spacial score (nSPS) is 12.5. The van der Waals surface area contributed by atoms with Gasteiger partial charge < -0.3 is 5.11 Å². The molecule has 0 bridgehead atoms. The molecule has 0 saturated carbocycles. The molecule has 1 atom stereocenters. The van der Waals surface area contributed by atoms with Crippen molar-refractivity contribution < 1.29 is 5.11 Å². The molecule has 3 heteroatoms. The van der Waals surface area contributed by atoms with Crippen molar-refractivity contribution in [2.45, 2.75) is 23.7 Å². The fourth-order valence-corrected chi connectivity index (χ4v) is 3.07. The summed E-state index contributed by atoms with van der Waals surface area (Å²) in [5, 5.41) is 10.7. The molecule has 2 nitrogen and oxygen atoms in total. The Morgan fingerprint density at radius 3 is 2.67 bits per heavy atom. The molecule has 0 aliphatic carbocycles. The Bertz CT molecular complexity index is 738. The van der Waals surface area contributed by atoms with E-state index >= 15 is 0 Å². The van der Waals surface area contributed by atoms with Gasteiger partial charge in [0.2, 0.25) is 0 Å². The number of aliphatic hydroxyl groups excluding tert-OH is 1. The van der Waals surface area contributed by atoms with Crippen LogP contribution in [0.5, 0.6) is 0 Å². The molecule has 0 radical (unpaired) electrons. The van der Waals surface area contributed by atoms with E-state index in [1.54, 1.807) is 18.7 Å². The highest BCUT2D eigenvalue weighted by molar-refractivity contribution is 7.98. The summed E-state index contributed by atoms with van der Waals surface area (Å²) in [6, 6.07) is 18.6. The zero-order valence-corrected chi connectivity index (χ0v) is 12.7. The zero-order valence-electron chi connectivity index (χ0n) is 11.9. The molecule has 1 aromatic heterocycles. The largest absolute Gasteiger partial charge is 0.389 e. The van der Waals surface area contributed by atoms with E-state index in [0.717, 1.165) is 16.8 Å². The summed E-state index contributed by atoms with van der Waals surface area (Å²) in [7, 11) is 0. The van der Waals surface area contributed by atoms with Gasteiger partial charge in [0.25, 0.3) is 0 Å². The predicted molar refractivity (Wildman–Crippen MR) is 88.4 cm³/mol. The molecular weight excluding hydrogens is 278 g/mol. The van der Waals surface area contributed by atoms with E-state index in [4.69, 9.17) is 0 Å². The first kappa shape index (κ1) is 14.1. The van der Waals surface area contributed by atoms with Crippen LogP contribution in [0.2, 0.25) is 0 Å². The van der Waals surface area contributed by atoms with Crippen LogP contribution in [-0.2, 0) is 5.75 Å². The van der Waals surface area contributed by atoms with Crippen LogP contribution in [0, 0.1) is 0 Å². The minimum Gasteiger partial charge on any atom is -0.389 e. The van der Waals surface area contributed by atoms with Crippen LogP contribution in [0.25, 0.3) is 10.9 Å². The summed E-state index contributed by atoms with van der Waals surface area (Å²) in [5.74, 6) is 0.929. The van der Waals surface area contributed by atoms with Crippen LogP contribution in [0.1, 0.15) is 24.2 Å². The lowest BCUT2D eigenvalue weighted by atomic mass is 10.1. The second-order valence-corrected chi connectivity index (χ2v) is 6.11. The SMILES string of the molecule is CC(O)c1ccc(SCc2ccc3ncccc3c2)cc1. The lowest BCUT2D eigenvalue weighted by Gasteiger charge is -2.07. The number of hydrogen-bond acceptors (Lipinski definition) is 3. The Balaban J connectivity index is 1.71. The molecule has 0 aliphatic rings. The Morgan fingerprint density at radius 1 is 1.10 bits per heavy atom. The van der Waals surface area contributed by atoms with E-state index in [2.05, 4.69) is 41.4 Å². The zero-order chi connectivity index (χ0) is 14.7. The lowest BCUT2D eigenvalue weighted by Crippen LogP contribution is -1.89. The van der Waals surface area contributed by atoms with E-state index in [1.165, 1.54) is 15.8 Å². The molecule has 3 aromatic rings. The summed E-state index contributed by atoms with van der Waals surface area (Å²) in [6.45, 7) is 1.78. The molecule has 0 spiro atoms. The van der Waals surface area contributed by atoms with Gasteiger partial charge in [-0.05, 0) is 48.4 Å². The number of fused-ring (bicyclic) bond motifs is 1. The van der Waals surface area contributed by atoms with E-state index in [9.17, 15) is 5.11 Å². The molecule has 106 valence electrons.